The Morgan fingerprint density at radius 1 is 1.23 bits per heavy atom. The molecule has 3 aromatic rings. The zero-order valence-electron chi connectivity index (χ0n) is 19.6. The number of hydrogen-bond acceptors (Lipinski definition) is 6. The van der Waals surface area contributed by atoms with E-state index in [1.807, 2.05) is 17.1 Å². The molecule has 2 aliphatic rings. The summed E-state index contributed by atoms with van der Waals surface area (Å²) in [5.74, 6) is 0.0306. The molecule has 1 spiro atoms. The fourth-order valence-electron chi connectivity index (χ4n) is 5.12. The molecule has 5 rings (SSSR count). The van der Waals surface area contributed by atoms with Gasteiger partial charge >= 0.3 is 0 Å². The van der Waals surface area contributed by atoms with Gasteiger partial charge in [0, 0.05) is 59.3 Å². The number of nitrogens with zero attached hydrogens (tertiary/aromatic N) is 4. The van der Waals surface area contributed by atoms with Gasteiger partial charge < -0.3 is 15.8 Å². The first kappa shape index (κ1) is 24.3. The number of aromatic nitrogens is 3. The Morgan fingerprint density at radius 3 is 2.89 bits per heavy atom. The molecule has 3 N–H and O–H groups in total. The quantitative estimate of drug-likeness (QED) is 0.431. The van der Waals surface area contributed by atoms with Crippen molar-refractivity contribution in [2.24, 2.45) is 0 Å². The van der Waals surface area contributed by atoms with E-state index in [1.54, 1.807) is 19.2 Å². The van der Waals surface area contributed by atoms with E-state index in [-0.39, 0.29) is 10.8 Å². The Morgan fingerprint density at radius 2 is 2.09 bits per heavy atom. The molecule has 186 valence electrons. The van der Waals surface area contributed by atoms with Crippen molar-refractivity contribution in [1.82, 2.24) is 25.0 Å². The van der Waals surface area contributed by atoms with Gasteiger partial charge in [0.2, 0.25) is 0 Å². The maximum absolute atomic E-state index is 14.0. The molecule has 0 amide bonds. The van der Waals surface area contributed by atoms with Crippen LogP contribution >= 0.6 is 23.2 Å². The maximum Gasteiger partial charge on any atom is 0.166 e. The van der Waals surface area contributed by atoms with Gasteiger partial charge in [0.15, 0.2) is 11.6 Å². The Hall–Kier alpha value is -2.39. The highest BCUT2D eigenvalue weighted by molar-refractivity contribution is 6.36. The third kappa shape index (κ3) is 5.11. The molecule has 35 heavy (non-hydrogen) atoms. The second kappa shape index (κ2) is 9.93. The minimum absolute atomic E-state index is 0.0680. The number of benzene rings is 1. The lowest BCUT2D eigenvalue weighted by molar-refractivity contribution is 0.227. The minimum Gasteiger partial charge on any atom is -0.482 e. The number of ether oxygens (including phenoxy) is 1. The van der Waals surface area contributed by atoms with Crippen molar-refractivity contribution in [3.63, 3.8) is 0 Å². The number of likely N-dealkylation sites (tertiary alicyclic amines) is 1. The molecule has 4 heterocycles. The zero-order valence-corrected chi connectivity index (χ0v) is 21.1. The summed E-state index contributed by atoms with van der Waals surface area (Å²) in [5.41, 5.74) is 8.49. The Labute approximate surface area is 214 Å². The van der Waals surface area contributed by atoms with E-state index in [1.165, 1.54) is 31.4 Å². The summed E-state index contributed by atoms with van der Waals surface area (Å²) in [7, 11) is 0. The van der Waals surface area contributed by atoms with Crippen molar-refractivity contribution in [2.75, 3.05) is 31.9 Å². The molecule has 0 bridgehead atoms. The van der Waals surface area contributed by atoms with Gasteiger partial charge in [0.1, 0.15) is 11.9 Å². The maximum atomic E-state index is 14.0. The summed E-state index contributed by atoms with van der Waals surface area (Å²) in [6.45, 7) is 6.89. The molecule has 0 radical (unpaired) electrons. The van der Waals surface area contributed by atoms with Gasteiger partial charge in [0.25, 0.3) is 0 Å². The molecular weight excluding hydrogens is 490 g/mol. The number of halogens is 3. The Bertz CT molecular complexity index is 1210. The number of nitrogen functional groups attached to an aromatic ring is 1. The first-order valence-corrected chi connectivity index (χ1v) is 12.6. The highest BCUT2D eigenvalue weighted by Gasteiger charge is 2.39. The van der Waals surface area contributed by atoms with Gasteiger partial charge in [-0.3, -0.25) is 9.58 Å². The van der Waals surface area contributed by atoms with E-state index in [0.29, 0.717) is 21.9 Å². The number of hydrogen-bond donors (Lipinski definition) is 2. The fraction of sp³-hybridized carbons (Fsp3) is 0.440. The highest BCUT2D eigenvalue weighted by Crippen LogP contribution is 2.37. The smallest absolute Gasteiger partial charge is 0.166 e. The van der Waals surface area contributed by atoms with Crippen LogP contribution in [-0.2, 0) is 6.54 Å². The molecule has 2 atom stereocenters. The Balaban J connectivity index is 1.26. The standard InChI is InChI=1S/C25H29Cl2FN6O/c1-16(22-19(26)3-4-20(28)23(22)27)35-21-11-17(12-30-24(21)29)18-13-32-34(14-18)10-9-33-8-6-25(15-33)5-2-7-31-25/h3-4,11-14,16,31H,2,5-10,15H2,1H3,(H2,29,30)/t16-,25-/m1/s1. The van der Waals surface area contributed by atoms with E-state index in [4.69, 9.17) is 33.7 Å². The third-order valence-electron chi connectivity index (χ3n) is 7.05. The van der Waals surface area contributed by atoms with Crippen molar-refractivity contribution in [3.05, 3.63) is 58.2 Å². The minimum atomic E-state index is -0.633. The highest BCUT2D eigenvalue weighted by atomic mass is 35.5. The van der Waals surface area contributed by atoms with Crippen LogP contribution in [-0.4, -0.2) is 51.4 Å². The summed E-state index contributed by atoms with van der Waals surface area (Å²) < 4.78 is 21.9. The number of pyridine rings is 1. The first-order chi connectivity index (χ1) is 16.8. The van der Waals surface area contributed by atoms with Crippen LogP contribution in [0.5, 0.6) is 5.75 Å². The summed E-state index contributed by atoms with van der Waals surface area (Å²) in [4.78, 5) is 6.80. The van der Waals surface area contributed by atoms with Gasteiger partial charge in [-0.15, -0.1) is 0 Å². The predicted molar refractivity (Wildman–Crippen MR) is 136 cm³/mol. The third-order valence-corrected chi connectivity index (χ3v) is 7.76. The zero-order chi connectivity index (χ0) is 24.6. The van der Waals surface area contributed by atoms with Crippen molar-refractivity contribution >= 4 is 29.0 Å². The summed E-state index contributed by atoms with van der Waals surface area (Å²) in [6, 6.07) is 4.48. The SMILES string of the molecule is C[C@@H](Oc1cc(-c2cnn(CCN3CC[C@]4(CCCN4)C3)c2)cnc1N)c1c(Cl)ccc(F)c1Cl. The van der Waals surface area contributed by atoms with Crippen LogP contribution in [0.25, 0.3) is 11.1 Å². The molecule has 7 nitrogen and oxygen atoms in total. The van der Waals surface area contributed by atoms with E-state index in [9.17, 15) is 4.39 Å². The topological polar surface area (TPSA) is 81.2 Å². The number of nitrogens with two attached hydrogens (primary N) is 1. The molecule has 2 aromatic heterocycles. The van der Waals surface area contributed by atoms with Gasteiger partial charge in [-0.1, -0.05) is 23.2 Å². The van der Waals surface area contributed by atoms with Crippen LogP contribution in [0.3, 0.4) is 0 Å². The predicted octanol–water partition coefficient (Wildman–Crippen LogP) is 4.94. The lowest BCUT2D eigenvalue weighted by Crippen LogP contribution is -2.42. The molecule has 0 saturated carbocycles. The van der Waals surface area contributed by atoms with Gasteiger partial charge in [-0.2, -0.15) is 5.10 Å². The van der Waals surface area contributed by atoms with Crippen LogP contribution in [0.4, 0.5) is 10.2 Å². The lowest BCUT2D eigenvalue weighted by atomic mass is 9.97. The second-order valence-corrected chi connectivity index (χ2v) is 10.2. The summed E-state index contributed by atoms with van der Waals surface area (Å²) in [6.07, 6.45) is 8.64. The average Bonchev–Trinajstić information content (AvgIpc) is 3.59. The van der Waals surface area contributed by atoms with Crippen LogP contribution in [0.1, 0.15) is 37.9 Å². The largest absolute Gasteiger partial charge is 0.482 e. The molecule has 2 fully saturated rings. The average molecular weight is 519 g/mol. The second-order valence-electron chi connectivity index (χ2n) is 9.45. The monoisotopic (exact) mass is 518 g/mol. The Kier molecular flexibility index (Phi) is 6.90. The summed E-state index contributed by atoms with van der Waals surface area (Å²) in [5, 5.41) is 8.49. The molecule has 1 aromatic carbocycles. The molecule has 10 heteroatoms. The van der Waals surface area contributed by atoms with E-state index < -0.39 is 11.9 Å². The van der Waals surface area contributed by atoms with Gasteiger partial charge in [0.05, 0.1) is 17.8 Å². The lowest BCUT2D eigenvalue weighted by Gasteiger charge is -2.24. The number of anilines is 1. The number of nitrogens with one attached hydrogen (secondary N) is 1. The van der Waals surface area contributed by atoms with E-state index >= 15 is 0 Å². The number of rotatable bonds is 7. The van der Waals surface area contributed by atoms with E-state index in [0.717, 1.165) is 43.9 Å². The van der Waals surface area contributed by atoms with Gasteiger partial charge in [-0.25, -0.2) is 9.37 Å². The first-order valence-electron chi connectivity index (χ1n) is 11.9. The fourth-order valence-corrected chi connectivity index (χ4v) is 5.80. The van der Waals surface area contributed by atoms with Crippen LogP contribution in [0.15, 0.2) is 36.8 Å². The van der Waals surface area contributed by atoms with Gasteiger partial charge in [-0.05, 0) is 50.9 Å². The van der Waals surface area contributed by atoms with Crippen LogP contribution < -0.4 is 15.8 Å². The molecule has 2 aliphatic heterocycles. The van der Waals surface area contributed by atoms with Crippen molar-refractivity contribution in [1.29, 1.82) is 0 Å². The van der Waals surface area contributed by atoms with Crippen LogP contribution in [0, 0.1) is 5.82 Å². The van der Waals surface area contributed by atoms with Crippen LogP contribution in [0.2, 0.25) is 10.0 Å². The van der Waals surface area contributed by atoms with Crippen molar-refractivity contribution < 1.29 is 9.13 Å². The molecule has 0 aliphatic carbocycles. The van der Waals surface area contributed by atoms with E-state index in [2.05, 4.69) is 20.3 Å². The molecular formula is C25H29Cl2FN6O. The molecule has 0 unspecified atom stereocenters. The normalized spacial score (nSPS) is 21.1. The molecule has 2 saturated heterocycles. The van der Waals surface area contributed by atoms with Crippen molar-refractivity contribution in [3.8, 4) is 16.9 Å². The summed E-state index contributed by atoms with van der Waals surface area (Å²) >= 11 is 12.4. The van der Waals surface area contributed by atoms with Crippen molar-refractivity contribution in [2.45, 2.75) is 44.4 Å².